The van der Waals surface area contributed by atoms with Crippen LogP contribution in [-0.4, -0.2) is 70.2 Å². The number of carbonyl (C=O) groups excluding carboxylic acids is 2. The maximum Gasteiger partial charge on any atom is 0.574 e. The molecular weight excluding hydrogens is 455 g/mol. The number of anilines is 3. The summed E-state index contributed by atoms with van der Waals surface area (Å²) in [4.78, 5) is 40.9. The Labute approximate surface area is 193 Å². The van der Waals surface area contributed by atoms with Gasteiger partial charge in [0.1, 0.15) is 11.7 Å². The van der Waals surface area contributed by atoms with Crippen molar-refractivity contribution < 1.29 is 27.5 Å². The Hall–Kier alpha value is -3.64. The molecule has 2 aliphatic rings. The second-order valence-electron chi connectivity index (χ2n) is 8.60. The van der Waals surface area contributed by atoms with Crippen molar-refractivity contribution >= 4 is 29.3 Å². The molecule has 0 bridgehead atoms. The van der Waals surface area contributed by atoms with Crippen LogP contribution in [0.1, 0.15) is 29.9 Å². The largest absolute Gasteiger partial charge is 0.574 e. The molecule has 2 aromatic rings. The van der Waals surface area contributed by atoms with Crippen LogP contribution in [0.3, 0.4) is 0 Å². The number of rotatable bonds is 5. The zero-order chi connectivity index (χ0) is 24.8. The number of alkyl halides is 3. The highest BCUT2D eigenvalue weighted by Gasteiger charge is 2.37. The normalized spacial score (nSPS) is 18.4. The molecule has 1 saturated heterocycles. The number of aryl methyl sites for hydroxylation is 1. The average Bonchev–Trinajstić information content (AvgIpc) is 2.70. The standard InChI is InChI=1S/C21H24F3N7O3/c1-10(2)16-18(32)28-15-11(3)26-20(29-17(15)30(16)4)27-13-8-31(9-13)19(33)12-5-6-14(25-7-12)34-21(22,23)24/h5-7,10,13,16H,8-9H2,1-4H3,(H,28,32)(H,26,27,29). The molecule has 182 valence electrons. The Morgan fingerprint density at radius 3 is 2.56 bits per heavy atom. The number of fused-ring (bicyclic) bond motifs is 1. The lowest BCUT2D eigenvalue weighted by molar-refractivity contribution is -0.276. The van der Waals surface area contributed by atoms with Gasteiger partial charge in [0.2, 0.25) is 17.7 Å². The predicted molar refractivity (Wildman–Crippen MR) is 117 cm³/mol. The van der Waals surface area contributed by atoms with Gasteiger partial charge in [-0.15, -0.1) is 13.2 Å². The third kappa shape index (κ3) is 4.68. The molecule has 4 heterocycles. The van der Waals surface area contributed by atoms with Gasteiger partial charge in [-0.25, -0.2) is 9.97 Å². The summed E-state index contributed by atoms with van der Waals surface area (Å²) in [6.45, 7) is 6.43. The van der Waals surface area contributed by atoms with E-state index in [-0.39, 0.29) is 35.4 Å². The van der Waals surface area contributed by atoms with Crippen LogP contribution in [-0.2, 0) is 4.79 Å². The maximum atomic E-state index is 12.6. The van der Waals surface area contributed by atoms with E-state index < -0.39 is 12.2 Å². The van der Waals surface area contributed by atoms with E-state index >= 15 is 0 Å². The third-order valence-electron chi connectivity index (χ3n) is 5.68. The number of hydrogen-bond acceptors (Lipinski definition) is 8. The molecule has 0 aromatic carbocycles. The van der Waals surface area contributed by atoms with E-state index in [0.717, 1.165) is 12.3 Å². The van der Waals surface area contributed by atoms with Crippen LogP contribution < -0.4 is 20.3 Å². The Morgan fingerprint density at radius 1 is 1.26 bits per heavy atom. The molecule has 0 saturated carbocycles. The molecule has 1 fully saturated rings. The first-order chi connectivity index (χ1) is 15.9. The molecule has 2 N–H and O–H groups in total. The first-order valence-corrected chi connectivity index (χ1v) is 10.6. The summed E-state index contributed by atoms with van der Waals surface area (Å²) in [6, 6.07) is 1.78. The number of ether oxygens (including phenoxy) is 1. The van der Waals surface area contributed by atoms with Gasteiger partial charge in [0, 0.05) is 32.4 Å². The van der Waals surface area contributed by atoms with Crippen LogP contribution >= 0.6 is 0 Å². The molecular formula is C21H24F3N7O3. The number of likely N-dealkylation sites (tertiary alicyclic amines) is 1. The molecule has 4 rings (SSSR count). The zero-order valence-electron chi connectivity index (χ0n) is 19.0. The van der Waals surface area contributed by atoms with E-state index in [0.29, 0.717) is 36.2 Å². The fourth-order valence-electron chi connectivity index (χ4n) is 4.07. The van der Waals surface area contributed by atoms with Gasteiger partial charge < -0.3 is 25.2 Å². The summed E-state index contributed by atoms with van der Waals surface area (Å²) < 4.78 is 40.5. The fourth-order valence-corrected chi connectivity index (χ4v) is 4.07. The molecule has 0 spiro atoms. The van der Waals surface area contributed by atoms with Crippen molar-refractivity contribution in [3.8, 4) is 5.88 Å². The highest BCUT2D eigenvalue weighted by Crippen LogP contribution is 2.34. The first kappa shape index (κ1) is 23.5. The van der Waals surface area contributed by atoms with Gasteiger partial charge >= 0.3 is 6.36 Å². The number of hydrogen-bond donors (Lipinski definition) is 2. The molecule has 34 heavy (non-hydrogen) atoms. The van der Waals surface area contributed by atoms with Crippen molar-refractivity contribution in [2.45, 2.75) is 39.2 Å². The number of likely N-dealkylation sites (N-methyl/N-ethyl adjacent to an activating group) is 1. The highest BCUT2D eigenvalue weighted by molar-refractivity contribution is 6.03. The van der Waals surface area contributed by atoms with E-state index in [9.17, 15) is 22.8 Å². The number of nitrogens with zero attached hydrogens (tertiary/aromatic N) is 5. The minimum Gasteiger partial charge on any atom is -0.388 e. The first-order valence-electron chi connectivity index (χ1n) is 10.6. The van der Waals surface area contributed by atoms with Gasteiger partial charge in [0.15, 0.2) is 5.82 Å². The highest BCUT2D eigenvalue weighted by atomic mass is 19.4. The Morgan fingerprint density at radius 2 is 1.97 bits per heavy atom. The van der Waals surface area contributed by atoms with Gasteiger partial charge in [0.05, 0.1) is 17.3 Å². The average molecular weight is 479 g/mol. The van der Waals surface area contributed by atoms with Crippen molar-refractivity contribution in [1.29, 1.82) is 0 Å². The number of halogens is 3. The summed E-state index contributed by atoms with van der Waals surface area (Å²) in [5.74, 6) is 0.00138. The molecule has 10 nitrogen and oxygen atoms in total. The number of amides is 2. The van der Waals surface area contributed by atoms with Crippen LogP contribution in [0.15, 0.2) is 18.3 Å². The van der Waals surface area contributed by atoms with Crippen LogP contribution in [0, 0.1) is 12.8 Å². The molecule has 1 unspecified atom stereocenters. The van der Waals surface area contributed by atoms with E-state index in [1.807, 2.05) is 25.8 Å². The number of pyridine rings is 1. The maximum absolute atomic E-state index is 12.6. The summed E-state index contributed by atoms with van der Waals surface area (Å²) >= 11 is 0. The van der Waals surface area contributed by atoms with Crippen LogP contribution in [0.25, 0.3) is 0 Å². The molecule has 0 aliphatic carbocycles. The second kappa shape index (κ2) is 8.61. The van der Waals surface area contributed by atoms with Crippen molar-refractivity contribution in [3.05, 3.63) is 29.6 Å². The van der Waals surface area contributed by atoms with E-state index in [1.54, 1.807) is 6.92 Å². The van der Waals surface area contributed by atoms with Crippen LogP contribution in [0.4, 0.5) is 30.6 Å². The summed E-state index contributed by atoms with van der Waals surface area (Å²) in [5.41, 5.74) is 1.35. The summed E-state index contributed by atoms with van der Waals surface area (Å²) in [7, 11) is 1.82. The van der Waals surface area contributed by atoms with Gasteiger partial charge in [-0.05, 0) is 18.9 Å². The number of carbonyl (C=O) groups is 2. The smallest absolute Gasteiger partial charge is 0.388 e. The van der Waals surface area contributed by atoms with Crippen molar-refractivity contribution in [2.24, 2.45) is 5.92 Å². The molecule has 0 radical (unpaired) electrons. The van der Waals surface area contributed by atoms with Gasteiger partial charge in [-0.3, -0.25) is 9.59 Å². The van der Waals surface area contributed by atoms with E-state index in [4.69, 9.17) is 0 Å². The Bertz CT molecular complexity index is 1100. The van der Waals surface area contributed by atoms with Gasteiger partial charge in [-0.1, -0.05) is 13.8 Å². The lowest BCUT2D eigenvalue weighted by atomic mass is 9.99. The van der Waals surface area contributed by atoms with Gasteiger partial charge in [0.25, 0.3) is 5.91 Å². The van der Waals surface area contributed by atoms with Crippen molar-refractivity contribution in [1.82, 2.24) is 19.9 Å². The molecule has 13 heteroatoms. The Balaban J connectivity index is 1.39. The summed E-state index contributed by atoms with van der Waals surface area (Å²) in [6.07, 6.45) is -3.79. The van der Waals surface area contributed by atoms with E-state index in [1.165, 1.54) is 11.0 Å². The molecule has 1 atom stereocenters. The lowest BCUT2D eigenvalue weighted by Gasteiger charge is -2.40. The van der Waals surface area contributed by atoms with Crippen LogP contribution in [0.2, 0.25) is 0 Å². The fraction of sp³-hybridized carbons (Fsp3) is 0.476. The quantitative estimate of drug-likeness (QED) is 0.673. The molecule has 2 amide bonds. The summed E-state index contributed by atoms with van der Waals surface area (Å²) in [5, 5.41) is 6.09. The van der Waals surface area contributed by atoms with Crippen LogP contribution in [0.5, 0.6) is 5.88 Å². The molecule has 2 aromatic heterocycles. The van der Waals surface area contributed by atoms with Gasteiger partial charge in [-0.2, -0.15) is 4.98 Å². The monoisotopic (exact) mass is 479 g/mol. The Kier molecular flexibility index (Phi) is 5.96. The minimum absolute atomic E-state index is 0.0830. The topological polar surface area (TPSA) is 113 Å². The SMILES string of the molecule is Cc1nc(NC2CN(C(=O)c3ccc(OC(F)(F)F)nc3)C2)nc2c1NC(=O)C(C(C)C)N2C. The second-order valence-corrected chi connectivity index (χ2v) is 8.60. The minimum atomic E-state index is -4.85. The zero-order valence-corrected chi connectivity index (χ0v) is 19.0. The predicted octanol–water partition coefficient (Wildman–Crippen LogP) is 2.43. The van der Waals surface area contributed by atoms with E-state index in [2.05, 4.69) is 30.3 Å². The lowest BCUT2D eigenvalue weighted by Crippen LogP contribution is -2.57. The molecule has 2 aliphatic heterocycles. The third-order valence-corrected chi connectivity index (χ3v) is 5.68. The number of aromatic nitrogens is 3. The van der Waals surface area contributed by atoms with Crippen molar-refractivity contribution in [2.75, 3.05) is 35.7 Å². The van der Waals surface area contributed by atoms with Crippen molar-refractivity contribution in [3.63, 3.8) is 0 Å². The number of nitrogens with one attached hydrogen (secondary N) is 2.